The zero-order chi connectivity index (χ0) is 25.5. The Balaban J connectivity index is 1.65. The van der Waals surface area contributed by atoms with Crippen molar-refractivity contribution in [1.29, 1.82) is 5.26 Å². The summed E-state index contributed by atoms with van der Waals surface area (Å²) in [5.41, 5.74) is 2.89. The van der Waals surface area contributed by atoms with Gasteiger partial charge in [0.1, 0.15) is 11.6 Å². The number of para-hydroxylation sites is 1. The second kappa shape index (κ2) is 11.6. The second-order valence-electron chi connectivity index (χ2n) is 8.68. The van der Waals surface area contributed by atoms with Crippen LogP contribution < -0.4 is 5.32 Å². The van der Waals surface area contributed by atoms with Crippen molar-refractivity contribution >= 4 is 33.6 Å². The molecule has 1 amide bonds. The molecule has 1 aromatic heterocycles. The Bertz CT molecular complexity index is 1390. The summed E-state index contributed by atoms with van der Waals surface area (Å²) in [6, 6.07) is 19.2. The number of hydrogen-bond acceptors (Lipinski definition) is 6. The van der Waals surface area contributed by atoms with Crippen molar-refractivity contribution < 1.29 is 13.2 Å². The summed E-state index contributed by atoms with van der Waals surface area (Å²) in [6.07, 6.45) is 5.98. The van der Waals surface area contributed by atoms with Crippen molar-refractivity contribution in [3.05, 3.63) is 71.9 Å². The van der Waals surface area contributed by atoms with Crippen LogP contribution in [0.1, 0.15) is 31.7 Å². The lowest BCUT2D eigenvalue weighted by Gasteiger charge is -2.10. The number of unbranched alkanes of at least 4 members (excludes halogenated alkanes) is 1. The summed E-state index contributed by atoms with van der Waals surface area (Å²) in [7, 11) is -3.15. The number of hydrogen-bond donors (Lipinski definition) is 1. The zero-order valence-corrected chi connectivity index (χ0v) is 21.7. The van der Waals surface area contributed by atoms with Crippen LogP contribution in [-0.2, 0) is 14.6 Å². The molecule has 1 N–H and O–H groups in total. The molecule has 1 saturated heterocycles. The third-order valence-electron chi connectivity index (χ3n) is 5.89. The minimum absolute atomic E-state index is 0.0459. The number of carbonyl (C=O) groups is 1. The van der Waals surface area contributed by atoms with Crippen LogP contribution in [0.15, 0.2) is 71.3 Å². The Morgan fingerprint density at radius 1 is 1.22 bits per heavy atom. The molecule has 0 spiro atoms. The van der Waals surface area contributed by atoms with Crippen molar-refractivity contribution in [2.45, 2.75) is 37.1 Å². The van der Waals surface area contributed by atoms with Gasteiger partial charge in [-0.2, -0.15) is 10.4 Å². The lowest BCUT2D eigenvalue weighted by atomic mass is 10.1. The highest BCUT2D eigenvalue weighted by Crippen LogP contribution is 2.28. The molecule has 2 heterocycles. The Kier molecular flexibility index (Phi) is 8.28. The second-order valence-corrected chi connectivity index (χ2v) is 12.1. The first-order valence-electron chi connectivity index (χ1n) is 11.9. The van der Waals surface area contributed by atoms with Crippen molar-refractivity contribution in [3.8, 4) is 23.0 Å². The van der Waals surface area contributed by atoms with E-state index in [4.69, 9.17) is 5.10 Å². The molecule has 4 rings (SSSR count). The molecule has 1 aliphatic rings. The summed E-state index contributed by atoms with van der Waals surface area (Å²) in [5.74, 6) is 0.428. The fraction of sp³-hybridized carbons (Fsp3) is 0.296. The van der Waals surface area contributed by atoms with Crippen molar-refractivity contribution in [3.63, 3.8) is 0 Å². The maximum atomic E-state index is 12.8. The molecule has 1 fully saturated rings. The number of amides is 1. The van der Waals surface area contributed by atoms with E-state index in [0.29, 0.717) is 17.7 Å². The molecule has 0 radical (unpaired) electrons. The van der Waals surface area contributed by atoms with E-state index in [2.05, 4.69) is 24.4 Å². The Morgan fingerprint density at radius 3 is 2.61 bits per heavy atom. The van der Waals surface area contributed by atoms with Gasteiger partial charge < -0.3 is 5.32 Å². The van der Waals surface area contributed by atoms with E-state index in [1.807, 2.05) is 60.3 Å². The molecule has 1 atom stereocenters. The SMILES string of the molecule is CCCCSc1ccc(-c2nn(-c3ccccc3)cc2/C=C(/C#N)C(=O)NC2CCS(=O)(=O)C2)cc1. The molecule has 36 heavy (non-hydrogen) atoms. The highest BCUT2D eigenvalue weighted by Gasteiger charge is 2.29. The van der Waals surface area contributed by atoms with Crippen molar-refractivity contribution in [1.82, 2.24) is 15.1 Å². The van der Waals surface area contributed by atoms with Gasteiger partial charge >= 0.3 is 0 Å². The summed E-state index contributed by atoms with van der Waals surface area (Å²) < 4.78 is 25.2. The number of carbonyl (C=O) groups excluding carboxylic acids is 1. The zero-order valence-electron chi connectivity index (χ0n) is 20.1. The van der Waals surface area contributed by atoms with E-state index in [-0.39, 0.29) is 17.1 Å². The number of sulfone groups is 1. The molecular weight excluding hydrogens is 492 g/mol. The highest BCUT2D eigenvalue weighted by molar-refractivity contribution is 7.99. The number of aromatic nitrogens is 2. The topological polar surface area (TPSA) is 105 Å². The van der Waals surface area contributed by atoms with Crippen LogP contribution in [-0.4, -0.2) is 47.4 Å². The van der Waals surface area contributed by atoms with Crippen LogP contribution in [0, 0.1) is 11.3 Å². The Labute approximate surface area is 216 Å². The smallest absolute Gasteiger partial charge is 0.262 e. The third-order valence-corrected chi connectivity index (χ3v) is 8.76. The van der Waals surface area contributed by atoms with Crippen molar-refractivity contribution in [2.24, 2.45) is 0 Å². The Morgan fingerprint density at radius 2 is 1.97 bits per heavy atom. The van der Waals surface area contributed by atoms with E-state index in [0.717, 1.165) is 29.8 Å². The van der Waals surface area contributed by atoms with Gasteiger partial charge in [-0.15, -0.1) is 11.8 Å². The van der Waals surface area contributed by atoms with Gasteiger partial charge in [-0.1, -0.05) is 43.7 Å². The molecule has 0 aliphatic carbocycles. The average Bonchev–Trinajstić information content (AvgIpc) is 3.46. The van der Waals surface area contributed by atoms with E-state index in [1.165, 1.54) is 11.0 Å². The van der Waals surface area contributed by atoms with Gasteiger partial charge in [0, 0.05) is 28.3 Å². The number of nitrogens with zero attached hydrogens (tertiary/aromatic N) is 3. The maximum Gasteiger partial charge on any atom is 0.262 e. The van der Waals surface area contributed by atoms with Crippen LogP contribution in [0.2, 0.25) is 0 Å². The first kappa shape index (κ1) is 25.7. The average molecular weight is 521 g/mol. The molecule has 1 unspecified atom stereocenters. The standard InChI is InChI=1S/C27H28N4O3S2/c1-2-3-14-35-25-11-9-20(10-12-25)26-22(18-31(30-26)24-7-5-4-6-8-24)16-21(17-28)27(32)29-23-13-15-36(33,34)19-23/h4-12,16,18,23H,2-3,13-15,19H2,1H3,(H,29,32)/b21-16-. The molecule has 1 aliphatic heterocycles. The fourth-order valence-electron chi connectivity index (χ4n) is 3.95. The van der Waals surface area contributed by atoms with Gasteiger partial charge in [-0.05, 0) is 48.9 Å². The number of benzene rings is 2. The van der Waals surface area contributed by atoms with E-state index < -0.39 is 21.8 Å². The predicted octanol–water partition coefficient (Wildman–Crippen LogP) is 4.64. The van der Waals surface area contributed by atoms with Crippen LogP contribution in [0.3, 0.4) is 0 Å². The van der Waals surface area contributed by atoms with Crippen LogP contribution in [0.4, 0.5) is 0 Å². The number of rotatable bonds is 9. The normalized spacial score (nSPS) is 17.0. The molecule has 3 aromatic rings. The van der Waals surface area contributed by atoms with E-state index in [9.17, 15) is 18.5 Å². The van der Waals surface area contributed by atoms with Gasteiger partial charge in [0.2, 0.25) is 0 Å². The summed E-state index contributed by atoms with van der Waals surface area (Å²) in [4.78, 5) is 14.0. The monoisotopic (exact) mass is 520 g/mol. The molecule has 0 bridgehead atoms. The van der Waals surface area contributed by atoms with Crippen LogP contribution in [0.5, 0.6) is 0 Å². The quantitative estimate of drug-likeness (QED) is 0.191. The molecule has 9 heteroatoms. The molecule has 0 saturated carbocycles. The highest BCUT2D eigenvalue weighted by atomic mass is 32.2. The van der Waals surface area contributed by atoms with E-state index >= 15 is 0 Å². The van der Waals surface area contributed by atoms with Gasteiger partial charge in [-0.25, -0.2) is 13.1 Å². The lowest BCUT2D eigenvalue weighted by molar-refractivity contribution is -0.117. The number of nitrogens with one attached hydrogen (secondary N) is 1. The van der Waals surface area contributed by atoms with Crippen LogP contribution in [0.25, 0.3) is 23.0 Å². The molecule has 186 valence electrons. The predicted molar refractivity (Wildman–Crippen MR) is 143 cm³/mol. The molecular formula is C27H28N4O3S2. The summed E-state index contributed by atoms with van der Waals surface area (Å²) in [6.45, 7) is 2.17. The third kappa shape index (κ3) is 6.45. The minimum atomic E-state index is -3.15. The summed E-state index contributed by atoms with van der Waals surface area (Å²) >= 11 is 1.81. The molecule has 2 aromatic carbocycles. The molecule has 7 nitrogen and oxygen atoms in total. The summed E-state index contributed by atoms with van der Waals surface area (Å²) in [5, 5.41) is 17.2. The van der Waals surface area contributed by atoms with Gasteiger partial charge in [-0.3, -0.25) is 4.79 Å². The Hall–Kier alpha value is -3.35. The van der Waals surface area contributed by atoms with Crippen LogP contribution >= 0.6 is 11.8 Å². The first-order chi connectivity index (χ1) is 17.4. The largest absolute Gasteiger partial charge is 0.348 e. The fourth-order valence-corrected chi connectivity index (χ4v) is 6.62. The van der Waals surface area contributed by atoms with E-state index in [1.54, 1.807) is 10.9 Å². The van der Waals surface area contributed by atoms with Gasteiger partial charge in [0.15, 0.2) is 9.84 Å². The number of thioether (sulfide) groups is 1. The minimum Gasteiger partial charge on any atom is -0.348 e. The van der Waals surface area contributed by atoms with Crippen molar-refractivity contribution in [2.75, 3.05) is 17.3 Å². The van der Waals surface area contributed by atoms with Gasteiger partial charge in [0.25, 0.3) is 5.91 Å². The maximum absolute atomic E-state index is 12.8. The first-order valence-corrected chi connectivity index (χ1v) is 14.7. The van der Waals surface area contributed by atoms with Gasteiger partial charge in [0.05, 0.1) is 22.9 Å². The number of nitriles is 1. The lowest BCUT2D eigenvalue weighted by Crippen LogP contribution is -2.36.